The number of ether oxygens (including phenoxy) is 1. The summed E-state index contributed by atoms with van der Waals surface area (Å²) in [5.74, 6) is 2.43. The molecule has 2 aliphatic heterocycles. The predicted molar refractivity (Wildman–Crippen MR) is 55.5 cm³/mol. The molecular formula is C11H18N2O. The molecule has 0 aromatic carbocycles. The second kappa shape index (κ2) is 3.54. The van der Waals surface area contributed by atoms with Gasteiger partial charge in [0.05, 0.1) is 6.54 Å². The van der Waals surface area contributed by atoms with Crippen LogP contribution < -0.4 is 5.32 Å². The average molecular weight is 194 g/mol. The normalized spacial score (nSPS) is 37.9. The van der Waals surface area contributed by atoms with E-state index in [9.17, 15) is 0 Å². The van der Waals surface area contributed by atoms with Crippen LogP contribution >= 0.6 is 0 Å². The van der Waals surface area contributed by atoms with Gasteiger partial charge in [0.2, 0.25) is 0 Å². The highest BCUT2D eigenvalue weighted by atomic mass is 16.5. The Morgan fingerprint density at radius 1 is 1.29 bits per heavy atom. The first kappa shape index (κ1) is 8.72. The lowest BCUT2D eigenvalue weighted by Gasteiger charge is -2.30. The quantitative estimate of drug-likeness (QED) is 0.716. The Hall–Kier alpha value is -0.570. The molecular weight excluding hydrogens is 176 g/mol. The second-order valence-corrected chi connectivity index (χ2v) is 4.72. The molecule has 2 atom stereocenters. The molecule has 3 aliphatic rings. The highest BCUT2D eigenvalue weighted by Gasteiger charge is 2.35. The minimum Gasteiger partial charge on any atom is -0.475 e. The first-order valence-corrected chi connectivity index (χ1v) is 5.85. The summed E-state index contributed by atoms with van der Waals surface area (Å²) in [5, 5.41) is 3.36. The number of hydrogen-bond donors (Lipinski definition) is 1. The number of rotatable bonds is 2. The third-order valence-corrected chi connectivity index (χ3v) is 3.78. The van der Waals surface area contributed by atoms with Crippen molar-refractivity contribution in [3.8, 4) is 0 Å². The van der Waals surface area contributed by atoms with Crippen LogP contribution in [0.5, 0.6) is 0 Å². The zero-order valence-electron chi connectivity index (χ0n) is 8.54. The van der Waals surface area contributed by atoms with Crippen LogP contribution in [0.2, 0.25) is 0 Å². The fourth-order valence-corrected chi connectivity index (χ4v) is 2.56. The van der Waals surface area contributed by atoms with Crippen molar-refractivity contribution in [1.82, 2.24) is 5.32 Å². The Balaban J connectivity index is 1.56. The number of nitrogens with zero attached hydrogens (tertiary/aromatic N) is 1. The van der Waals surface area contributed by atoms with E-state index >= 15 is 0 Å². The van der Waals surface area contributed by atoms with Gasteiger partial charge in [-0.3, -0.25) is 4.99 Å². The summed E-state index contributed by atoms with van der Waals surface area (Å²) < 4.78 is 5.96. The molecule has 3 heteroatoms. The summed E-state index contributed by atoms with van der Waals surface area (Å²) in [6.07, 6.45) is 5.74. The largest absolute Gasteiger partial charge is 0.475 e. The molecule has 1 saturated heterocycles. The molecule has 0 spiro atoms. The van der Waals surface area contributed by atoms with Crippen molar-refractivity contribution in [3.63, 3.8) is 0 Å². The molecule has 3 nitrogen and oxygen atoms in total. The van der Waals surface area contributed by atoms with Crippen LogP contribution in [0.25, 0.3) is 0 Å². The van der Waals surface area contributed by atoms with Crippen LogP contribution in [0.3, 0.4) is 0 Å². The number of aliphatic imine (C=N–C) groups is 1. The maximum Gasteiger partial charge on any atom is 0.188 e. The maximum atomic E-state index is 5.96. The van der Waals surface area contributed by atoms with Crippen molar-refractivity contribution in [1.29, 1.82) is 0 Å². The summed E-state index contributed by atoms with van der Waals surface area (Å²) in [5.41, 5.74) is 0. The van der Waals surface area contributed by atoms with E-state index in [0.29, 0.717) is 12.0 Å². The monoisotopic (exact) mass is 194 g/mol. The topological polar surface area (TPSA) is 33.6 Å². The molecule has 2 unspecified atom stereocenters. The van der Waals surface area contributed by atoms with Gasteiger partial charge in [-0.15, -0.1) is 0 Å². The van der Waals surface area contributed by atoms with E-state index in [0.717, 1.165) is 31.4 Å². The van der Waals surface area contributed by atoms with E-state index in [-0.39, 0.29) is 0 Å². The number of hydrogen-bond acceptors (Lipinski definition) is 3. The van der Waals surface area contributed by atoms with Crippen molar-refractivity contribution in [2.45, 2.75) is 31.8 Å². The van der Waals surface area contributed by atoms with Gasteiger partial charge in [-0.1, -0.05) is 6.42 Å². The van der Waals surface area contributed by atoms with Crippen molar-refractivity contribution >= 4 is 5.90 Å². The lowest BCUT2D eigenvalue weighted by atomic mass is 9.81. The fraction of sp³-hybridized carbons (Fsp3) is 0.909. The first-order valence-electron chi connectivity index (χ1n) is 5.85. The van der Waals surface area contributed by atoms with Crippen molar-refractivity contribution in [3.05, 3.63) is 0 Å². The van der Waals surface area contributed by atoms with Crippen LogP contribution in [-0.2, 0) is 4.74 Å². The summed E-state index contributed by atoms with van der Waals surface area (Å²) in [4.78, 5) is 4.56. The van der Waals surface area contributed by atoms with Gasteiger partial charge in [-0.25, -0.2) is 0 Å². The lowest BCUT2D eigenvalue weighted by Crippen LogP contribution is -2.31. The van der Waals surface area contributed by atoms with E-state index in [4.69, 9.17) is 4.74 Å². The van der Waals surface area contributed by atoms with Crippen LogP contribution in [0.15, 0.2) is 4.99 Å². The van der Waals surface area contributed by atoms with Gasteiger partial charge in [0.1, 0.15) is 6.10 Å². The molecule has 14 heavy (non-hydrogen) atoms. The first-order chi connectivity index (χ1) is 6.93. The third-order valence-electron chi connectivity index (χ3n) is 3.78. The van der Waals surface area contributed by atoms with Gasteiger partial charge >= 0.3 is 0 Å². The molecule has 2 heterocycles. The zero-order chi connectivity index (χ0) is 9.38. The SMILES string of the molecule is C1CC(C2CN=C(C3CCNC3)O2)C1. The van der Waals surface area contributed by atoms with E-state index in [1.54, 1.807) is 0 Å². The minimum atomic E-state index is 0.430. The van der Waals surface area contributed by atoms with Crippen LogP contribution in [0.4, 0.5) is 0 Å². The Labute approximate surface area is 84.9 Å². The minimum absolute atomic E-state index is 0.430. The Morgan fingerprint density at radius 2 is 2.21 bits per heavy atom. The molecule has 2 fully saturated rings. The summed E-state index contributed by atoms with van der Waals surface area (Å²) >= 11 is 0. The van der Waals surface area contributed by atoms with Crippen molar-refractivity contribution < 1.29 is 4.74 Å². The van der Waals surface area contributed by atoms with E-state index < -0.39 is 0 Å². The Kier molecular flexibility index (Phi) is 2.20. The average Bonchev–Trinajstić information content (AvgIpc) is 2.65. The van der Waals surface area contributed by atoms with E-state index in [2.05, 4.69) is 10.3 Å². The molecule has 1 aliphatic carbocycles. The van der Waals surface area contributed by atoms with E-state index in [1.165, 1.54) is 25.7 Å². The predicted octanol–water partition coefficient (Wildman–Crippen LogP) is 1.19. The van der Waals surface area contributed by atoms with Gasteiger partial charge in [0.25, 0.3) is 0 Å². The summed E-state index contributed by atoms with van der Waals surface area (Å²) in [6.45, 7) is 3.12. The van der Waals surface area contributed by atoms with Gasteiger partial charge in [0, 0.05) is 12.5 Å². The standard InChI is InChI=1S/C11H18N2O/c1-2-8(3-1)10-7-13-11(14-10)9-4-5-12-6-9/h8-10,12H,1-7H2. The van der Waals surface area contributed by atoms with Crippen LogP contribution in [0, 0.1) is 11.8 Å². The third kappa shape index (κ3) is 1.44. The van der Waals surface area contributed by atoms with Gasteiger partial charge in [0.15, 0.2) is 5.90 Å². The zero-order valence-corrected chi connectivity index (χ0v) is 8.54. The Bertz CT molecular complexity index is 242. The fourth-order valence-electron chi connectivity index (χ4n) is 2.56. The molecule has 1 saturated carbocycles. The van der Waals surface area contributed by atoms with Gasteiger partial charge in [-0.05, 0) is 31.7 Å². The van der Waals surface area contributed by atoms with Gasteiger partial charge in [-0.2, -0.15) is 0 Å². The molecule has 78 valence electrons. The molecule has 1 N–H and O–H groups in total. The van der Waals surface area contributed by atoms with E-state index in [1.807, 2.05) is 0 Å². The molecule has 0 aromatic heterocycles. The summed E-state index contributed by atoms with van der Waals surface area (Å²) in [6, 6.07) is 0. The smallest absolute Gasteiger partial charge is 0.188 e. The maximum absolute atomic E-state index is 5.96. The van der Waals surface area contributed by atoms with Crippen molar-refractivity contribution in [2.75, 3.05) is 19.6 Å². The highest BCUT2D eigenvalue weighted by Crippen LogP contribution is 2.34. The second-order valence-electron chi connectivity index (χ2n) is 4.72. The molecule has 0 radical (unpaired) electrons. The summed E-state index contributed by atoms with van der Waals surface area (Å²) in [7, 11) is 0. The van der Waals surface area contributed by atoms with Crippen LogP contribution in [-0.4, -0.2) is 31.6 Å². The Morgan fingerprint density at radius 3 is 2.86 bits per heavy atom. The lowest BCUT2D eigenvalue weighted by molar-refractivity contribution is 0.0928. The molecule has 0 aromatic rings. The van der Waals surface area contributed by atoms with Crippen molar-refractivity contribution in [2.24, 2.45) is 16.8 Å². The highest BCUT2D eigenvalue weighted by molar-refractivity contribution is 5.80. The molecule has 3 rings (SSSR count). The molecule has 0 amide bonds. The number of nitrogens with one attached hydrogen (secondary N) is 1. The van der Waals surface area contributed by atoms with Crippen LogP contribution in [0.1, 0.15) is 25.7 Å². The van der Waals surface area contributed by atoms with Gasteiger partial charge < -0.3 is 10.1 Å². The molecule has 0 bridgehead atoms.